The van der Waals surface area contributed by atoms with Crippen LogP contribution in [0.2, 0.25) is 0 Å². The molecule has 0 aromatic heterocycles. The number of nitrogens with one attached hydrogen (secondary N) is 3. The predicted octanol–water partition coefficient (Wildman–Crippen LogP) is 3.25. The van der Waals surface area contributed by atoms with Crippen LogP contribution in [0.25, 0.3) is 0 Å². The third kappa shape index (κ3) is 5.84. The molecule has 0 aliphatic carbocycles. The number of carbonyl (C=O) groups excluding carboxylic acids is 1. The first kappa shape index (κ1) is 21.5. The summed E-state index contributed by atoms with van der Waals surface area (Å²) < 4.78 is 0. The molecule has 5 heteroatoms. The lowest BCUT2D eigenvalue weighted by atomic mass is 9.84. The van der Waals surface area contributed by atoms with E-state index in [1.807, 2.05) is 24.3 Å². The zero-order valence-corrected chi connectivity index (χ0v) is 17.6. The summed E-state index contributed by atoms with van der Waals surface area (Å²) in [6, 6.07) is 16.4. The number of nitrogens with zero attached hydrogens (tertiary/aromatic N) is 1. The lowest BCUT2D eigenvalue weighted by Crippen LogP contribution is -2.43. The van der Waals surface area contributed by atoms with Gasteiger partial charge in [-0.3, -0.25) is 9.79 Å². The second kappa shape index (κ2) is 9.93. The van der Waals surface area contributed by atoms with Gasteiger partial charge in [0.2, 0.25) is 0 Å². The third-order valence-corrected chi connectivity index (χ3v) is 4.94. The highest BCUT2D eigenvalue weighted by Gasteiger charge is 2.20. The highest BCUT2D eigenvalue weighted by atomic mass is 16.1. The molecule has 0 bridgehead atoms. The first-order valence-corrected chi connectivity index (χ1v) is 9.74. The Hall–Kier alpha value is -2.82. The molecule has 0 aliphatic rings. The van der Waals surface area contributed by atoms with Crippen LogP contribution in [0.5, 0.6) is 0 Å². The van der Waals surface area contributed by atoms with Crippen LogP contribution in [0, 0.1) is 0 Å². The summed E-state index contributed by atoms with van der Waals surface area (Å²) in [5.74, 6) is 0.656. The molecule has 0 atom stereocenters. The van der Waals surface area contributed by atoms with Gasteiger partial charge >= 0.3 is 0 Å². The highest BCUT2D eigenvalue weighted by Crippen LogP contribution is 2.22. The fourth-order valence-electron chi connectivity index (χ4n) is 2.97. The van der Waals surface area contributed by atoms with Crippen molar-refractivity contribution < 1.29 is 4.79 Å². The van der Waals surface area contributed by atoms with E-state index in [1.165, 1.54) is 11.1 Å². The molecule has 0 radical (unpaired) electrons. The fraction of sp³-hybridized carbons (Fsp3) is 0.391. The van der Waals surface area contributed by atoms with Crippen LogP contribution in [0.1, 0.15) is 47.8 Å². The second-order valence-electron chi connectivity index (χ2n) is 7.49. The highest BCUT2D eigenvalue weighted by molar-refractivity contribution is 5.94. The van der Waals surface area contributed by atoms with Gasteiger partial charge in [0.15, 0.2) is 5.96 Å². The van der Waals surface area contributed by atoms with Crippen LogP contribution >= 0.6 is 0 Å². The van der Waals surface area contributed by atoms with E-state index in [2.05, 4.69) is 66.0 Å². The molecule has 0 saturated carbocycles. The molecule has 0 saturated heterocycles. The molecule has 2 aromatic carbocycles. The van der Waals surface area contributed by atoms with E-state index in [4.69, 9.17) is 0 Å². The summed E-state index contributed by atoms with van der Waals surface area (Å²) in [6.45, 7) is 7.97. The number of hydrogen-bond donors (Lipinski definition) is 3. The van der Waals surface area contributed by atoms with Crippen molar-refractivity contribution in [1.29, 1.82) is 0 Å². The van der Waals surface area contributed by atoms with E-state index in [0.29, 0.717) is 12.1 Å². The van der Waals surface area contributed by atoms with Crippen molar-refractivity contribution in [1.82, 2.24) is 16.0 Å². The van der Waals surface area contributed by atoms with Crippen LogP contribution in [-0.4, -0.2) is 32.5 Å². The number of carbonyl (C=O) groups is 1. The Morgan fingerprint density at radius 2 is 1.75 bits per heavy atom. The zero-order valence-electron chi connectivity index (χ0n) is 17.6. The van der Waals surface area contributed by atoms with Crippen molar-refractivity contribution in [2.45, 2.75) is 39.2 Å². The van der Waals surface area contributed by atoms with E-state index in [9.17, 15) is 4.79 Å². The molecule has 0 aliphatic heterocycles. The SMILES string of the molecule is CCc1ccc(C(C)(C)CNC(=NC)NCc2cccc(C(=O)NC)c2)cc1. The molecular weight excluding hydrogens is 348 g/mol. The largest absolute Gasteiger partial charge is 0.356 e. The molecule has 1 amide bonds. The Morgan fingerprint density at radius 1 is 1.04 bits per heavy atom. The van der Waals surface area contributed by atoms with Crippen molar-refractivity contribution in [2.75, 3.05) is 20.6 Å². The van der Waals surface area contributed by atoms with E-state index in [1.54, 1.807) is 14.1 Å². The van der Waals surface area contributed by atoms with Crippen molar-refractivity contribution in [3.8, 4) is 0 Å². The van der Waals surface area contributed by atoms with Gasteiger partial charge in [0.05, 0.1) is 0 Å². The minimum absolute atomic E-state index is 0.0248. The minimum atomic E-state index is -0.0831. The summed E-state index contributed by atoms with van der Waals surface area (Å²) in [6.07, 6.45) is 1.05. The zero-order chi connectivity index (χ0) is 20.6. The first-order chi connectivity index (χ1) is 13.4. The maximum Gasteiger partial charge on any atom is 0.251 e. The first-order valence-electron chi connectivity index (χ1n) is 9.74. The third-order valence-electron chi connectivity index (χ3n) is 4.94. The van der Waals surface area contributed by atoms with Crippen molar-refractivity contribution in [3.63, 3.8) is 0 Å². The number of guanidine groups is 1. The smallest absolute Gasteiger partial charge is 0.251 e. The number of aryl methyl sites for hydroxylation is 1. The Kier molecular flexibility index (Phi) is 7.61. The van der Waals surface area contributed by atoms with E-state index in [-0.39, 0.29) is 11.3 Å². The summed E-state index contributed by atoms with van der Waals surface area (Å²) in [5.41, 5.74) is 4.30. The molecule has 2 aromatic rings. The molecule has 28 heavy (non-hydrogen) atoms. The molecular formula is C23H32N4O. The predicted molar refractivity (Wildman–Crippen MR) is 117 cm³/mol. The second-order valence-corrected chi connectivity index (χ2v) is 7.49. The lowest BCUT2D eigenvalue weighted by molar-refractivity contribution is 0.0963. The maximum absolute atomic E-state index is 11.8. The molecule has 0 fully saturated rings. The normalized spacial score (nSPS) is 11.8. The van der Waals surface area contributed by atoms with Crippen molar-refractivity contribution in [2.24, 2.45) is 4.99 Å². The van der Waals surface area contributed by atoms with E-state index in [0.717, 1.165) is 24.5 Å². The van der Waals surface area contributed by atoms with Crippen LogP contribution in [0.3, 0.4) is 0 Å². The number of benzene rings is 2. The summed E-state index contributed by atoms with van der Waals surface area (Å²) in [4.78, 5) is 16.1. The molecule has 2 rings (SSSR count). The van der Waals surface area contributed by atoms with Gasteiger partial charge in [0.25, 0.3) is 5.91 Å². The van der Waals surface area contributed by atoms with Gasteiger partial charge in [-0.05, 0) is 35.2 Å². The fourth-order valence-corrected chi connectivity index (χ4v) is 2.97. The van der Waals surface area contributed by atoms with Crippen molar-refractivity contribution in [3.05, 3.63) is 70.8 Å². The van der Waals surface area contributed by atoms with Gasteiger partial charge in [-0.2, -0.15) is 0 Å². The van der Waals surface area contributed by atoms with Gasteiger partial charge in [-0.15, -0.1) is 0 Å². The average molecular weight is 381 g/mol. The van der Waals surface area contributed by atoms with Gasteiger partial charge in [-0.1, -0.05) is 57.2 Å². The lowest BCUT2D eigenvalue weighted by Gasteiger charge is -2.27. The Bertz CT molecular complexity index is 810. The summed E-state index contributed by atoms with van der Waals surface area (Å²) in [7, 11) is 3.40. The number of amides is 1. The van der Waals surface area contributed by atoms with Crippen LogP contribution < -0.4 is 16.0 Å². The van der Waals surface area contributed by atoms with Crippen LogP contribution in [0.15, 0.2) is 53.5 Å². The monoisotopic (exact) mass is 380 g/mol. The number of rotatable bonds is 7. The maximum atomic E-state index is 11.8. The quantitative estimate of drug-likeness (QED) is 0.510. The Morgan fingerprint density at radius 3 is 2.36 bits per heavy atom. The molecule has 0 heterocycles. The Labute approximate surface area is 168 Å². The Balaban J connectivity index is 1.94. The van der Waals surface area contributed by atoms with Crippen LogP contribution in [-0.2, 0) is 18.4 Å². The molecule has 150 valence electrons. The van der Waals surface area contributed by atoms with E-state index >= 15 is 0 Å². The molecule has 3 N–H and O–H groups in total. The van der Waals surface area contributed by atoms with E-state index < -0.39 is 0 Å². The van der Waals surface area contributed by atoms with Gasteiger partial charge in [0, 0.05) is 38.2 Å². The average Bonchev–Trinajstić information content (AvgIpc) is 2.73. The molecule has 0 unspecified atom stereocenters. The molecule has 5 nitrogen and oxygen atoms in total. The van der Waals surface area contributed by atoms with Crippen molar-refractivity contribution >= 4 is 11.9 Å². The van der Waals surface area contributed by atoms with Gasteiger partial charge < -0.3 is 16.0 Å². The molecule has 0 spiro atoms. The topological polar surface area (TPSA) is 65.5 Å². The summed E-state index contributed by atoms with van der Waals surface area (Å²) in [5, 5.41) is 9.38. The number of hydrogen-bond acceptors (Lipinski definition) is 2. The van der Waals surface area contributed by atoms with Gasteiger partial charge in [0.1, 0.15) is 0 Å². The standard InChI is InChI=1S/C23H32N4O/c1-6-17-10-12-20(13-11-17)23(2,3)16-27-22(25-5)26-15-18-8-7-9-19(14-18)21(28)24-4/h7-14H,6,15-16H2,1-5H3,(H,24,28)(H2,25,26,27). The van der Waals surface area contributed by atoms with Gasteiger partial charge in [-0.25, -0.2) is 0 Å². The summed E-state index contributed by atoms with van der Waals surface area (Å²) >= 11 is 0. The minimum Gasteiger partial charge on any atom is -0.356 e. The van der Waals surface area contributed by atoms with Crippen LogP contribution in [0.4, 0.5) is 0 Å². The number of aliphatic imine (C=N–C) groups is 1.